The normalized spacial score (nSPS) is 17.5. The minimum Gasteiger partial charge on any atom is -0.338 e. The number of hydrogen-bond acceptors (Lipinski definition) is 4. The summed E-state index contributed by atoms with van der Waals surface area (Å²) in [7, 11) is 0. The van der Waals surface area contributed by atoms with E-state index in [1.165, 1.54) is 5.56 Å². The fraction of sp³-hybridized carbons (Fsp3) is 0.375. The van der Waals surface area contributed by atoms with Gasteiger partial charge in [0.1, 0.15) is 0 Å². The summed E-state index contributed by atoms with van der Waals surface area (Å²) in [6.45, 7) is 2.11. The second-order valence-electron chi connectivity index (χ2n) is 5.40. The molecule has 0 aliphatic carbocycles. The van der Waals surface area contributed by atoms with Gasteiger partial charge < -0.3 is 10.2 Å². The molecular weight excluding hydrogens is 278 g/mol. The standard InChI is InChI=1S/C16H19N5O/c22-16(20-7-3-13-1-5-17-6-2-13)21-10-4-14(12-21)15-11-18-8-9-19-15/h1-2,5-6,8-9,11,14H,3-4,7,10,12H2,(H,20,22). The topological polar surface area (TPSA) is 71.0 Å². The number of hydrogen-bond donors (Lipinski definition) is 1. The zero-order valence-corrected chi connectivity index (χ0v) is 12.4. The molecule has 1 aliphatic heterocycles. The molecule has 1 fully saturated rings. The maximum Gasteiger partial charge on any atom is 0.317 e. The molecule has 2 aromatic heterocycles. The first-order chi connectivity index (χ1) is 10.8. The van der Waals surface area contributed by atoms with Gasteiger partial charge >= 0.3 is 6.03 Å². The van der Waals surface area contributed by atoms with Crippen molar-refractivity contribution in [3.8, 4) is 0 Å². The van der Waals surface area contributed by atoms with Crippen LogP contribution in [0.3, 0.4) is 0 Å². The van der Waals surface area contributed by atoms with Gasteiger partial charge in [0.05, 0.1) is 5.69 Å². The number of pyridine rings is 1. The van der Waals surface area contributed by atoms with Gasteiger partial charge in [0.25, 0.3) is 0 Å². The Morgan fingerprint density at radius 1 is 1.23 bits per heavy atom. The molecule has 0 saturated carbocycles. The van der Waals surface area contributed by atoms with Gasteiger partial charge in [-0.3, -0.25) is 15.0 Å². The minimum atomic E-state index is 0.000413. The molecule has 1 N–H and O–H groups in total. The Morgan fingerprint density at radius 3 is 2.86 bits per heavy atom. The van der Waals surface area contributed by atoms with Crippen molar-refractivity contribution in [1.82, 2.24) is 25.2 Å². The Hall–Kier alpha value is -2.50. The fourth-order valence-corrected chi connectivity index (χ4v) is 2.68. The molecule has 1 unspecified atom stereocenters. The first-order valence-corrected chi connectivity index (χ1v) is 7.50. The van der Waals surface area contributed by atoms with E-state index in [0.29, 0.717) is 19.0 Å². The number of rotatable bonds is 4. The first-order valence-electron chi connectivity index (χ1n) is 7.50. The van der Waals surface area contributed by atoms with Crippen LogP contribution < -0.4 is 5.32 Å². The van der Waals surface area contributed by atoms with Crippen molar-refractivity contribution in [1.29, 1.82) is 0 Å². The number of nitrogens with one attached hydrogen (secondary N) is 1. The van der Waals surface area contributed by atoms with Crippen LogP contribution in [0.25, 0.3) is 0 Å². The van der Waals surface area contributed by atoms with Crippen LogP contribution in [0, 0.1) is 0 Å². The van der Waals surface area contributed by atoms with Gasteiger partial charge in [-0.05, 0) is 30.5 Å². The quantitative estimate of drug-likeness (QED) is 0.931. The van der Waals surface area contributed by atoms with Gasteiger partial charge in [-0.1, -0.05) is 0 Å². The van der Waals surface area contributed by atoms with E-state index in [-0.39, 0.29) is 6.03 Å². The molecule has 0 aromatic carbocycles. The maximum absolute atomic E-state index is 12.2. The number of nitrogens with zero attached hydrogens (tertiary/aromatic N) is 4. The van der Waals surface area contributed by atoms with E-state index >= 15 is 0 Å². The zero-order chi connectivity index (χ0) is 15.2. The lowest BCUT2D eigenvalue weighted by Crippen LogP contribution is -2.39. The molecule has 0 spiro atoms. The van der Waals surface area contributed by atoms with E-state index in [4.69, 9.17) is 0 Å². The molecule has 0 bridgehead atoms. The van der Waals surface area contributed by atoms with E-state index in [2.05, 4.69) is 20.3 Å². The van der Waals surface area contributed by atoms with Crippen molar-refractivity contribution in [2.45, 2.75) is 18.8 Å². The van der Waals surface area contributed by atoms with Crippen LogP contribution in [-0.4, -0.2) is 45.5 Å². The molecule has 114 valence electrons. The summed E-state index contributed by atoms with van der Waals surface area (Å²) in [5.41, 5.74) is 2.14. The monoisotopic (exact) mass is 297 g/mol. The van der Waals surface area contributed by atoms with Crippen molar-refractivity contribution < 1.29 is 4.79 Å². The van der Waals surface area contributed by atoms with Crippen molar-refractivity contribution in [2.75, 3.05) is 19.6 Å². The Morgan fingerprint density at radius 2 is 2.09 bits per heavy atom. The minimum absolute atomic E-state index is 0.000413. The molecule has 2 aromatic rings. The Kier molecular flexibility index (Phi) is 4.58. The van der Waals surface area contributed by atoms with Gasteiger partial charge in [-0.15, -0.1) is 0 Å². The van der Waals surface area contributed by atoms with E-state index in [1.54, 1.807) is 31.0 Å². The summed E-state index contributed by atoms with van der Waals surface area (Å²) in [4.78, 5) is 26.4. The predicted molar refractivity (Wildman–Crippen MR) is 82.3 cm³/mol. The molecule has 1 aliphatic rings. The molecule has 1 saturated heterocycles. The number of carbonyl (C=O) groups is 1. The highest BCUT2D eigenvalue weighted by Gasteiger charge is 2.27. The van der Waals surface area contributed by atoms with E-state index in [9.17, 15) is 4.79 Å². The van der Waals surface area contributed by atoms with Gasteiger partial charge in [-0.25, -0.2) is 4.79 Å². The number of amides is 2. The summed E-state index contributed by atoms with van der Waals surface area (Å²) in [6.07, 6.45) is 10.4. The van der Waals surface area contributed by atoms with Crippen molar-refractivity contribution >= 4 is 6.03 Å². The molecule has 6 heteroatoms. The van der Waals surface area contributed by atoms with Crippen LogP contribution >= 0.6 is 0 Å². The van der Waals surface area contributed by atoms with Crippen molar-refractivity contribution in [3.05, 3.63) is 54.4 Å². The summed E-state index contributed by atoms with van der Waals surface area (Å²) in [6, 6.07) is 3.93. The third kappa shape index (κ3) is 3.58. The number of urea groups is 1. The molecule has 0 radical (unpaired) electrons. The summed E-state index contributed by atoms with van der Waals surface area (Å²) < 4.78 is 0. The highest BCUT2D eigenvalue weighted by atomic mass is 16.2. The molecule has 1 atom stereocenters. The number of carbonyl (C=O) groups excluding carboxylic acids is 1. The lowest BCUT2D eigenvalue weighted by atomic mass is 10.1. The van der Waals surface area contributed by atoms with Crippen molar-refractivity contribution in [3.63, 3.8) is 0 Å². The Bertz CT molecular complexity index is 604. The highest BCUT2D eigenvalue weighted by Crippen LogP contribution is 2.24. The smallest absolute Gasteiger partial charge is 0.317 e. The van der Waals surface area contributed by atoms with Crippen LogP contribution in [0.2, 0.25) is 0 Å². The van der Waals surface area contributed by atoms with Gasteiger partial charge in [0, 0.05) is 56.5 Å². The summed E-state index contributed by atoms with van der Waals surface area (Å²) in [5.74, 6) is 0.291. The maximum atomic E-state index is 12.2. The molecule has 3 heterocycles. The highest BCUT2D eigenvalue weighted by molar-refractivity contribution is 5.74. The van der Waals surface area contributed by atoms with E-state index < -0.39 is 0 Å². The van der Waals surface area contributed by atoms with Gasteiger partial charge in [0.15, 0.2) is 0 Å². The lowest BCUT2D eigenvalue weighted by Gasteiger charge is -2.17. The van der Waals surface area contributed by atoms with Gasteiger partial charge in [0.2, 0.25) is 0 Å². The largest absolute Gasteiger partial charge is 0.338 e. The number of aromatic nitrogens is 3. The van der Waals surface area contributed by atoms with Crippen molar-refractivity contribution in [2.24, 2.45) is 0 Å². The van der Waals surface area contributed by atoms with Crippen LogP contribution in [0.1, 0.15) is 23.6 Å². The van der Waals surface area contributed by atoms with E-state index in [0.717, 1.165) is 25.1 Å². The summed E-state index contributed by atoms with van der Waals surface area (Å²) >= 11 is 0. The Balaban J connectivity index is 1.46. The second-order valence-corrected chi connectivity index (χ2v) is 5.40. The third-order valence-corrected chi connectivity index (χ3v) is 3.92. The van der Waals surface area contributed by atoms with E-state index in [1.807, 2.05) is 17.0 Å². The zero-order valence-electron chi connectivity index (χ0n) is 12.4. The molecule has 6 nitrogen and oxygen atoms in total. The van der Waals surface area contributed by atoms with Gasteiger partial charge in [-0.2, -0.15) is 0 Å². The van der Waals surface area contributed by atoms with Crippen LogP contribution in [0.4, 0.5) is 4.79 Å². The average molecular weight is 297 g/mol. The second kappa shape index (κ2) is 6.98. The van der Waals surface area contributed by atoms with Crippen LogP contribution in [0.15, 0.2) is 43.1 Å². The fourth-order valence-electron chi connectivity index (χ4n) is 2.68. The molecular formula is C16H19N5O. The average Bonchev–Trinajstić information content (AvgIpc) is 3.07. The molecule has 2 amide bonds. The predicted octanol–water partition coefficient (Wildman–Crippen LogP) is 1.61. The SMILES string of the molecule is O=C(NCCc1ccncc1)N1CCC(c2cnccn2)C1. The third-order valence-electron chi connectivity index (χ3n) is 3.92. The Labute approximate surface area is 129 Å². The molecule has 3 rings (SSSR count). The molecule has 22 heavy (non-hydrogen) atoms. The van der Waals surface area contributed by atoms with Crippen LogP contribution in [0.5, 0.6) is 0 Å². The number of likely N-dealkylation sites (tertiary alicyclic amines) is 1. The first kappa shape index (κ1) is 14.4. The van der Waals surface area contributed by atoms with Crippen LogP contribution in [-0.2, 0) is 6.42 Å². The summed E-state index contributed by atoms with van der Waals surface area (Å²) in [5, 5.41) is 2.98. The lowest BCUT2D eigenvalue weighted by molar-refractivity contribution is 0.208.